The van der Waals surface area contributed by atoms with Gasteiger partial charge >= 0.3 is 0 Å². The molecule has 5 nitrogen and oxygen atoms in total. The Labute approximate surface area is 140 Å². The van der Waals surface area contributed by atoms with Gasteiger partial charge in [0.05, 0.1) is 24.1 Å². The number of para-hydroxylation sites is 1. The number of methoxy groups -OCH3 is 1. The topological polar surface area (TPSA) is 56.1 Å². The van der Waals surface area contributed by atoms with E-state index in [9.17, 15) is 4.79 Å². The number of ether oxygens (including phenoxy) is 1. The fourth-order valence-electron chi connectivity index (χ4n) is 2.64. The van der Waals surface area contributed by atoms with Gasteiger partial charge in [-0.3, -0.25) is 4.79 Å². The molecular weight excluding hydrogens is 302 g/mol. The van der Waals surface area contributed by atoms with Crippen molar-refractivity contribution in [1.29, 1.82) is 0 Å². The molecule has 1 heterocycles. The minimum absolute atomic E-state index is 0.210. The quantitative estimate of drug-likeness (QED) is 0.796. The molecule has 122 valence electrons. The van der Waals surface area contributed by atoms with E-state index in [0.29, 0.717) is 17.0 Å². The minimum atomic E-state index is -0.210. The van der Waals surface area contributed by atoms with Crippen molar-refractivity contribution in [2.24, 2.45) is 0 Å². The predicted octanol–water partition coefficient (Wildman–Crippen LogP) is 3.75. The standard InChI is InChI=1S/C19H19N3O2/c1-13-11-14(2)22(21-13)16-8-6-7-15(12-16)20-19(23)17-9-4-5-10-18(17)24-3/h4-12H,1-3H3,(H,20,23). The second-order valence-corrected chi connectivity index (χ2v) is 5.54. The van der Waals surface area contributed by atoms with Gasteiger partial charge in [-0.2, -0.15) is 5.10 Å². The fourth-order valence-corrected chi connectivity index (χ4v) is 2.64. The summed E-state index contributed by atoms with van der Waals surface area (Å²) < 4.78 is 7.10. The van der Waals surface area contributed by atoms with Gasteiger partial charge in [-0.05, 0) is 50.2 Å². The second-order valence-electron chi connectivity index (χ2n) is 5.54. The molecule has 1 amide bonds. The Morgan fingerprint density at radius 2 is 1.88 bits per heavy atom. The van der Waals surface area contributed by atoms with Crippen LogP contribution in [0.25, 0.3) is 5.69 Å². The van der Waals surface area contributed by atoms with Gasteiger partial charge in [0.25, 0.3) is 5.91 Å². The highest BCUT2D eigenvalue weighted by Crippen LogP contribution is 2.21. The Morgan fingerprint density at radius 1 is 1.08 bits per heavy atom. The van der Waals surface area contributed by atoms with E-state index in [-0.39, 0.29) is 5.91 Å². The van der Waals surface area contributed by atoms with Gasteiger partial charge in [0, 0.05) is 11.4 Å². The summed E-state index contributed by atoms with van der Waals surface area (Å²) in [6, 6.07) is 16.8. The molecule has 0 aliphatic carbocycles. The van der Waals surface area contributed by atoms with Gasteiger partial charge in [0.2, 0.25) is 0 Å². The van der Waals surface area contributed by atoms with Crippen molar-refractivity contribution in [3.8, 4) is 11.4 Å². The van der Waals surface area contributed by atoms with Crippen LogP contribution in [0.1, 0.15) is 21.7 Å². The number of hydrogen-bond donors (Lipinski definition) is 1. The first-order valence-corrected chi connectivity index (χ1v) is 7.66. The van der Waals surface area contributed by atoms with E-state index in [2.05, 4.69) is 10.4 Å². The number of hydrogen-bond acceptors (Lipinski definition) is 3. The number of aryl methyl sites for hydroxylation is 2. The van der Waals surface area contributed by atoms with E-state index in [0.717, 1.165) is 17.1 Å². The fraction of sp³-hybridized carbons (Fsp3) is 0.158. The molecule has 3 rings (SSSR count). The normalized spacial score (nSPS) is 10.5. The second kappa shape index (κ2) is 6.58. The Morgan fingerprint density at radius 3 is 2.58 bits per heavy atom. The van der Waals surface area contributed by atoms with Crippen LogP contribution in [0.3, 0.4) is 0 Å². The third-order valence-electron chi connectivity index (χ3n) is 3.71. The zero-order valence-electron chi connectivity index (χ0n) is 13.9. The average Bonchev–Trinajstić information content (AvgIpc) is 2.93. The zero-order valence-corrected chi connectivity index (χ0v) is 13.9. The summed E-state index contributed by atoms with van der Waals surface area (Å²) in [5.74, 6) is 0.336. The lowest BCUT2D eigenvalue weighted by Crippen LogP contribution is -2.13. The summed E-state index contributed by atoms with van der Waals surface area (Å²) in [6.07, 6.45) is 0. The van der Waals surface area contributed by atoms with Gasteiger partial charge in [-0.15, -0.1) is 0 Å². The number of nitrogens with zero attached hydrogens (tertiary/aromatic N) is 2. The Kier molecular flexibility index (Phi) is 4.33. The lowest BCUT2D eigenvalue weighted by Gasteiger charge is -2.11. The highest BCUT2D eigenvalue weighted by atomic mass is 16.5. The van der Waals surface area contributed by atoms with Crippen molar-refractivity contribution < 1.29 is 9.53 Å². The number of nitrogens with one attached hydrogen (secondary N) is 1. The summed E-state index contributed by atoms with van der Waals surface area (Å²) in [4.78, 5) is 12.5. The van der Waals surface area contributed by atoms with E-state index >= 15 is 0 Å². The number of carbonyl (C=O) groups is 1. The van der Waals surface area contributed by atoms with Crippen molar-refractivity contribution in [2.75, 3.05) is 12.4 Å². The maximum absolute atomic E-state index is 12.5. The molecule has 0 radical (unpaired) electrons. The molecule has 0 spiro atoms. The molecule has 5 heteroatoms. The first kappa shape index (κ1) is 15.8. The average molecular weight is 321 g/mol. The van der Waals surface area contributed by atoms with Crippen LogP contribution in [0.5, 0.6) is 5.75 Å². The molecule has 0 bridgehead atoms. The maximum atomic E-state index is 12.5. The number of rotatable bonds is 4. The van der Waals surface area contributed by atoms with E-state index in [1.807, 2.05) is 61.0 Å². The van der Waals surface area contributed by atoms with Gasteiger partial charge in [0.15, 0.2) is 0 Å². The maximum Gasteiger partial charge on any atom is 0.259 e. The van der Waals surface area contributed by atoms with E-state index < -0.39 is 0 Å². The monoisotopic (exact) mass is 321 g/mol. The summed E-state index contributed by atoms with van der Waals surface area (Å²) in [5, 5.41) is 7.38. The molecule has 0 saturated heterocycles. The summed E-state index contributed by atoms with van der Waals surface area (Å²) in [6.45, 7) is 3.96. The first-order valence-electron chi connectivity index (χ1n) is 7.66. The molecule has 0 aliphatic rings. The molecule has 1 aromatic heterocycles. The summed E-state index contributed by atoms with van der Waals surface area (Å²) in [7, 11) is 1.55. The largest absolute Gasteiger partial charge is 0.496 e. The molecular formula is C19H19N3O2. The third-order valence-corrected chi connectivity index (χ3v) is 3.71. The van der Waals surface area contributed by atoms with E-state index in [4.69, 9.17) is 4.74 Å². The lowest BCUT2D eigenvalue weighted by atomic mass is 10.2. The number of carbonyl (C=O) groups excluding carboxylic acids is 1. The number of aromatic nitrogens is 2. The summed E-state index contributed by atoms with van der Waals surface area (Å²) >= 11 is 0. The van der Waals surface area contributed by atoms with Crippen LogP contribution in [0, 0.1) is 13.8 Å². The van der Waals surface area contributed by atoms with Crippen LogP contribution >= 0.6 is 0 Å². The SMILES string of the molecule is COc1ccccc1C(=O)Nc1cccc(-n2nc(C)cc2C)c1. The zero-order chi connectivity index (χ0) is 17.1. The number of amides is 1. The highest BCUT2D eigenvalue weighted by molar-refractivity contribution is 6.06. The minimum Gasteiger partial charge on any atom is -0.496 e. The van der Waals surface area contributed by atoms with Gasteiger partial charge in [0.1, 0.15) is 5.75 Å². The van der Waals surface area contributed by atoms with Crippen LogP contribution < -0.4 is 10.1 Å². The van der Waals surface area contributed by atoms with Crippen LogP contribution in [0.2, 0.25) is 0 Å². The van der Waals surface area contributed by atoms with Gasteiger partial charge < -0.3 is 10.1 Å². The molecule has 3 aromatic rings. The van der Waals surface area contributed by atoms with E-state index in [1.165, 1.54) is 0 Å². The smallest absolute Gasteiger partial charge is 0.259 e. The Bertz CT molecular complexity index is 884. The van der Waals surface area contributed by atoms with Crippen molar-refractivity contribution in [1.82, 2.24) is 9.78 Å². The Balaban J connectivity index is 1.87. The number of benzene rings is 2. The molecule has 0 fully saturated rings. The Hall–Kier alpha value is -3.08. The van der Waals surface area contributed by atoms with Gasteiger partial charge in [-0.25, -0.2) is 4.68 Å². The van der Waals surface area contributed by atoms with Gasteiger partial charge in [-0.1, -0.05) is 18.2 Å². The molecule has 0 unspecified atom stereocenters. The molecule has 1 N–H and O–H groups in total. The van der Waals surface area contributed by atoms with Crippen LogP contribution in [0.4, 0.5) is 5.69 Å². The molecule has 2 aromatic carbocycles. The van der Waals surface area contributed by atoms with Crippen molar-refractivity contribution in [3.05, 3.63) is 71.5 Å². The van der Waals surface area contributed by atoms with Crippen LogP contribution in [-0.4, -0.2) is 22.8 Å². The molecule has 0 saturated carbocycles. The highest BCUT2D eigenvalue weighted by Gasteiger charge is 2.12. The first-order chi connectivity index (χ1) is 11.6. The summed E-state index contributed by atoms with van der Waals surface area (Å²) in [5.41, 5.74) is 4.10. The number of anilines is 1. The van der Waals surface area contributed by atoms with E-state index in [1.54, 1.807) is 19.2 Å². The molecule has 0 atom stereocenters. The van der Waals surface area contributed by atoms with Crippen molar-refractivity contribution in [3.63, 3.8) is 0 Å². The van der Waals surface area contributed by atoms with Crippen LogP contribution in [0.15, 0.2) is 54.6 Å². The van der Waals surface area contributed by atoms with Crippen molar-refractivity contribution in [2.45, 2.75) is 13.8 Å². The molecule has 0 aliphatic heterocycles. The molecule has 24 heavy (non-hydrogen) atoms. The van der Waals surface area contributed by atoms with Crippen molar-refractivity contribution >= 4 is 11.6 Å². The van der Waals surface area contributed by atoms with Crippen LogP contribution in [-0.2, 0) is 0 Å². The lowest BCUT2D eigenvalue weighted by molar-refractivity contribution is 0.102. The third kappa shape index (κ3) is 3.15. The predicted molar refractivity (Wildman–Crippen MR) is 94.0 cm³/mol.